The number of nitrogens with zero attached hydrogens (tertiary/aromatic N) is 5. The summed E-state index contributed by atoms with van der Waals surface area (Å²) in [6.45, 7) is 6.52. The van der Waals surface area contributed by atoms with Crippen LogP contribution in [0.15, 0.2) is 11.2 Å². The third kappa shape index (κ3) is 4.27. The molecule has 0 radical (unpaired) electrons. The van der Waals surface area contributed by atoms with Crippen molar-refractivity contribution in [3.8, 4) is 11.8 Å². The van der Waals surface area contributed by atoms with Crippen molar-refractivity contribution in [1.29, 1.82) is 5.26 Å². The van der Waals surface area contributed by atoms with Gasteiger partial charge in [0, 0.05) is 33.6 Å². The van der Waals surface area contributed by atoms with E-state index < -0.39 is 5.60 Å². The van der Waals surface area contributed by atoms with Gasteiger partial charge in [-0.1, -0.05) is 0 Å². The molecule has 0 aliphatic carbocycles. The van der Waals surface area contributed by atoms with Crippen LogP contribution in [0.1, 0.15) is 32.8 Å². The second-order valence-electron chi connectivity index (χ2n) is 8.14. The highest BCUT2D eigenvalue weighted by molar-refractivity contribution is 5.73. The van der Waals surface area contributed by atoms with E-state index in [0.29, 0.717) is 42.3 Å². The van der Waals surface area contributed by atoms with Crippen LogP contribution in [-0.2, 0) is 4.74 Å². The van der Waals surface area contributed by atoms with Crippen molar-refractivity contribution in [2.45, 2.75) is 44.9 Å². The Labute approximate surface area is 164 Å². The fourth-order valence-electron chi connectivity index (χ4n) is 3.11. The molecule has 0 bridgehead atoms. The van der Waals surface area contributed by atoms with Crippen molar-refractivity contribution in [2.24, 2.45) is 4.99 Å². The lowest BCUT2D eigenvalue weighted by atomic mass is 10.00. The van der Waals surface area contributed by atoms with E-state index in [0.717, 1.165) is 0 Å². The second-order valence-corrected chi connectivity index (χ2v) is 8.14. The first kappa shape index (κ1) is 19.7. The van der Waals surface area contributed by atoms with E-state index in [4.69, 9.17) is 9.47 Å². The third-order valence-corrected chi connectivity index (χ3v) is 4.35. The fraction of sp³-hybridized carbons (Fsp3) is 0.579. The Morgan fingerprint density at radius 1 is 1.54 bits per heavy atom. The van der Waals surface area contributed by atoms with Crippen LogP contribution in [0, 0.1) is 11.3 Å². The van der Waals surface area contributed by atoms with E-state index in [2.05, 4.69) is 21.4 Å². The summed E-state index contributed by atoms with van der Waals surface area (Å²) >= 11 is 0. The zero-order chi connectivity index (χ0) is 20.5. The molecule has 3 rings (SSSR count). The van der Waals surface area contributed by atoms with Crippen LogP contribution in [-0.4, -0.2) is 72.1 Å². The highest BCUT2D eigenvalue weighted by Gasteiger charge is 2.39. The maximum atomic E-state index is 12.4. The second kappa shape index (κ2) is 7.54. The molecule has 2 aliphatic rings. The Balaban J connectivity index is 1.79. The number of rotatable bonds is 2. The van der Waals surface area contributed by atoms with Gasteiger partial charge in [0.05, 0.1) is 18.6 Å². The molecule has 0 aromatic carbocycles. The number of nitrogens with one attached hydrogen (secondary N) is 1. The molecule has 1 N–H and O–H groups in total. The van der Waals surface area contributed by atoms with Gasteiger partial charge in [-0.3, -0.25) is 0 Å². The van der Waals surface area contributed by atoms with Crippen molar-refractivity contribution in [3.05, 3.63) is 11.8 Å². The number of fused-ring (bicyclic) bond motifs is 2. The average molecular weight is 386 g/mol. The Hall–Kier alpha value is -3.02. The van der Waals surface area contributed by atoms with Gasteiger partial charge in [0.1, 0.15) is 29.0 Å². The summed E-state index contributed by atoms with van der Waals surface area (Å²) < 4.78 is 11.6. The minimum absolute atomic E-state index is 0.121. The topological polar surface area (TPSA) is 103 Å². The first-order valence-corrected chi connectivity index (χ1v) is 9.23. The zero-order valence-electron chi connectivity index (χ0n) is 16.9. The highest BCUT2D eigenvalue weighted by Crippen LogP contribution is 2.39. The van der Waals surface area contributed by atoms with Crippen LogP contribution >= 0.6 is 0 Å². The molecule has 9 heteroatoms. The predicted octanol–water partition coefficient (Wildman–Crippen LogP) is 2.36. The predicted molar refractivity (Wildman–Crippen MR) is 105 cm³/mol. The van der Waals surface area contributed by atoms with Crippen molar-refractivity contribution in [1.82, 2.24) is 14.8 Å². The Morgan fingerprint density at radius 3 is 2.93 bits per heavy atom. The van der Waals surface area contributed by atoms with Gasteiger partial charge in [-0.05, 0) is 20.8 Å². The number of anilines is 1. The molecule has 9 nitrogen and oxygen atoms in total. The van der Waals surface area contributed by atoms with Gasteiger partial charge in [-0.2, -0.15) is 5.26 Å². The molecule has 0 saturated carbocycles. The summed E-state index contributed by atoms with van der Waals surface area (Å²) in [4.78, 5) is 24.5. The molecule has 1 aromatic rings. The largest absolute Gasteiger partial charge is 0.483 e. The summed E-state index contributed by atoms with van der Waals surface area (Å²) in [6.07, 6.45) is 3.29. The van der Waals surface area contributed by atoms with Crippen molar-refractivity contribution in [2.75, 3.05) is 32.5 Å². The maximum absolute atomic E-state index is 12.4. The van der Waals surface area contributed by atoms with Gasteiger partial charge < -0.3 is 24.6 Å². The molecule has 0 unspecified atom stereocenters. The van der Waals surface area contributed by atoms with Crippen molar-refractivity contribution >= 4 is 23.9 Å². The molecule has 1 aromatic heterocycles. The molecular weight excluding hydrogens is 360 g/mol. The van der Waals surface area contributed by atoms with Crippen molar-refractivity contribution in [3.63, 3.8) is 0 Å². The average Bonchev–Trinajstić information content (AvgIpc) is 2.62. The van der Waals surface area contributed by atoms with Crippen LogP contribution in [0.5, 0.6) is 5.75 Å². The molecule has 0 spiro atoms. The summed E-state index contributed by atoms with van der Waals surface area (Å²) in [5.74, 6) is 0.913. The molecule has 2 atom stereocenters. The lowest BCUT2D eigenvalue weighted by Gasteiger charge is -2.42. The number of aliphatic imine (C=N–C) groups is 1. The number of piperidine rings is 1. The number of pyridine rings is 1. The summed E-state index contributed by atoms with van der Waals surface area (Å²) in [6, 6.07) is 2.05. The SMILES string of the molecule is CN(C)/C=N/c1cnc2c(c1C#N)O[C@@H]1CCN(C(=O)OC(C)(C)C)C[C@H]1N2. The molecular formula is C19H26N6O3. The summed E-state index contributed by atoms with van der Waals surface area (Å²) in [7, 11) is 3.70. The maximum Gasteiger partial charge on any atom is 0.410 e. The first-order valence-electron chi connectivity index (χ1n) is 9.23. The van der Waals surface area contributed by atoms with E-state index in [1.807, 2.05) is 34.9 Å². The van der Waals surface area contributed by atoms with Crippen LogP contribution in [0.2, 0.25) is 0 Å². The van der Waals surface area contributed by atoms with Gasteiger partial charge in [-0.25, -0.2) is 14.8 Å². The van der Waals surface area contributed by atoms with Gasteiger partial charge >= 0.3 is 6.09 Å². The Kier molecular flexibility index (Phi) is 5.31. The van der Waals surface area contributed by atoms with Crippen molar-refractivity contribution < 1.29 is 14.3 Å². The number of aromatic nitrogens is 1. The van der Waals surface area contributed by atoms with E-state index in [1.54, 1.807) is 22.3 Å². The molecule has 150 valence electrons. The quantitative estimate of drug-likeness (QED) is 0.615. The first-order chi connectivity index (χ1) is 13.2. The monoisotopic (exact) mass is 386 g/mol. The smallest absolute Gasteiger partial charge is 0.410 e. The lowest BCUT2D eigenvalue weighted by molar-refractivity contribution is 0.00866. The summed E-state index contributed by atoms with van der Waals surface area (Å²) in [5.41, 5.74) is 0.272. The number of nitriles is 1. The molecule has 28 heavy (non-hydrogen) atoms. The Bertz CT molecular complexity index is 824. The number of carbonyl (C=O) groups excluding carboxylic acids is 1. The number of hydrogen-bond acceptors (Lipinski definition) is 7. The molecule has 2 aliphatic heterocycles. The molecule has 3 heterocycles. The third-order valence-electron chi connectivity index (χ3n) is 4.35. The van der Waals surface area contributed by atoms with E-state index in [9.17, 15) is 10.1 Å². The lowest BCUT2D eigenvalue weighted by Crippen LogP contribution is -2.56. The number of amides is 1. The minimum atomic E-state index is -0.538. The minimum Gasteiger partial charge on any atom is -0.483 e. The molecule has 1 fully saturated rings. The van der Waals surface area contributed by atoms with E-state index in [-0.39, 0.29) is 18.2 Å². The number of ether oxygens (including phenoxy) is 2. The number of carbonyl (C=O) groups is 1. The highest BCUT2D eigenvalue weighted by atomic mass is 16.6. The van der Waals surface area contributed by atoms with Gasteiger partial charge in [0.15, 0.2) is 11.6 Å². The molecule has 1 amide bonds. The van der Waals surface area contributed by atoms with E-state index in [1.165, 1.54) is 0 Å². The standard InChI is InChI=1S/C19H26N6O3/c1-19(2,3)28-18(26)25-7-6-15-14(10-25)23-17-16(27-15)12(8-20)13(9-21-17)22-11-24(4)5/h9,11,14-15H,6-7,10H2,1-5H3,(H,21,23)/b22-11+/t14-,15-/m1/s1. The number of likely N-dealkylation sites (tertiary alicyclic amines) is 1. The normalized spacial score (nSPS) is 21.1. The van der Waals surface area contributed by atoms with Gasteiger partial charge in [-0.15, -0.1) is 0 Å². The zero-order valence-corrected chi connectivity index (χ0v) is 16.9. The molecule has 1 saturated heterocycles. The Morgan fingerprint density at radius 2 is 2.29 bits per heavy atom. The number of hydrogen-bond donors (Lipinski definition) is 1. The van der Waals surface area contributed by atoms with E-state index >= 15 is 0 Å². The fourth-order valence-corrected chi connectivity index (χ4v) is 3.11. The van der Waals surface area contributed by atoms with Crippen LogP contribution in [0.4, 0.5) is 16.3 Å². The van der Waals surface area contributed by atoms with Gasteiger partial charge in [0.2, 0.25) is 0 Å². The van der Waals surface area contributed by atoms with Crippen LogP contribution in [0.25, 0.3) is 0 Å². The van der Waals surface area contributed by atoms with Crippen LogP contribution in [0.3, 0.4) is 0 Å². The summed E-state index contributed by atoms with van der Waals surface area (Å²) in [5, 5.41) is 12.9. The van der Waals surface area contributed by atoms with Gasteiger partial charge in [0.25, 0.3) is 0 Å². The van der Waals surface area contributed by atoms with Crippen LogP contribution < -0.4 is 10.1 Å².